The normalized spacial score (nSPS) is 16.7. The second-order valence-electron chi connectivity index (χ2n) is 7.62. The van der Waals surface area contributed by atoms with Gasteiger partial charge in [0.05, 0.1) is 11.0 Å². The molecule has 0 saturated heterocycles. The van der Waals surface area contributed by atoms with Gasteiger partial charge in [0.1, 0.15) is 29.4 Å². The average Bonchev–Trinajstić information content (AvgIpc) is 3.41. The monoisotopic (exact) mass is 366 g/mol. The number of nitrogens with zero attached hydrogens (tertiary/aromatic N) is 4. The molecule has 2 atom stereocenters. The Morgan fingerprint density at radius 2 is 1.85 bits per heavy atom. The van der Waals surface area contributed by atoms with Gasteiger partial charge in [-0.05, 0) is 38.8 Å². The van der Waals surface area contributed by atoms with Gasteiger partial charge in [0, 0.05) is 17.9 Å². The van der Waals surface area contributed by atoms with E-state index in [1.807, 2.05) is 38.1 Å². The first-order chi connectivity index (χ1) is 13.0. The summed E-state index contributed by atoms with van der Waals surface area (Å²) < 4.78 is 3.41. The Morgan fingerprint density at radius 3 is 2.44 bits per heavy atom. The number of imidazole rings is 1. The maximum absolute atomic E-state index is 13.3. The Morgan fingerprint density at radius 1 is 1.19 bits per heavy atom. The summed E-state index contributed by atoms with van der Waals surface area (Å²) in [4.78, 5) is 41.8. The minimum Gasteiger partial charge on any atom is -0.302 e. The lowest BCUT2D eigenvalue weighted by molar-refractivity contribution is -0.124. The van der Waals surface area contributed by atoms with Crippen molar-refractivity contribution < 1.29 is 4.79 Å². The average molecular weight is 366 g/mol. The molecule has 0 bridgehead atoms. The highest BCUT2D eigenvalue weighted by Gasteiger charge is 2.39. The minimum absolute atomic E-state index is 0.0197. The van der Waals surface area contributed by atoms with Crippen molar-refractivity contribution >= 4 is 22.3 Å². The third-order valence-corrected chi connectivity index (χ3v) is 5.43. The molecule has 7 heteroatoms. The van der Waals surface area contributed by atoms with Crippen molar-refractivity contribution in [1.29, 1.82) is 0 Å². The molecule has 2 unspecified atom stereocenters. The van der Waals surface area contributed by atoms with E-state index in [9.17, 15) is 14.5 Å². The summed E-state index contributed by atoms with van der Waals surface area (Å²) in [6, 6.07) is 6.56. The Bertz CT molecular complexity index is 1110. The molecular formula is C20H22N4O3. The van der Waals surface area contributed by atoms with Crippen LogP contribution in [0.5, 0.6) is 0 Å². The third-order valence-electron chi connectivity index (χ3n) is 5.43. The van der Waals surface area contributed by atoms with Crippen molar-refractivity contribution in [3.05, 3.63) is 51.5 Å². The predicted octanol–water partition coefficient (Wildman–Crippen LogP) is 3.65. The van der Waals surface area contributed by atoms with E-state index in [2.05, 4.69) is 10.2 Å². The number of nitroso groups, excluding NO2 is 1. The van der Waals surface area contributed by atoms with Crippen LogP contribution < -0.4 is 5.56 Å². The Hall–Kier alpha value is -2.83. The summed E-state index contributed by atoms with van der Waals surface area (Å²) >= 11 is 0. The van der Waals surface area contributed by atoms with Crippen LogP contribution in [0.4, 0.5) is 0 Å². The topological polar surface area (TPSA) is 85.8 Å². The van der Waals surface area contributed by atoms with Gasteiger partial charge in [-0.2, -0.15) is 4.91 Å². The van der Waals surface area contributed by atoms with Crippen LogP contribution in [0.2, 0.25) is 0 Å². The molecule has 1 aliphatic carbocycles. The highest BCUT2D eigenvalue weighted by Crippen LogP contribution is 2.38. The Balaban J connectivity index is 1.98. The first-order valence-corrected chi connectivity index (χ1v) is 9.32. The SMILES string of the molecule is CC(C(=O)C1CC1)C(N=O)c1ncn2c1c(=O)n(C(C)C)c1ccccc12. The van der Waals surface area contributed by atoms with E-state index in [0.29, 0.717) is 5.52 Å². The predicted molar refractivity (Wildman–Crippen MR) is 103 cm³/mol. The molecule has 0 amide bonds. The number of Topliss-reactive ketones (excluding diaryl/α,β-unsaturated/α-hetero) is 1. The van der Waals surface area contributed by atoms with E-state index in [4.69, 9.17) is 0 Å². The summed E-state index contributed by atoms with van der Waals surface area (Å²) in [5.74, 6) is -0.538. The van der Waals surface area contributed by atoms with Crippen molar-refractivity contribution in [1.82, 2.24) is 14.0 Å². The fraction of sp³-hybridized carbons (Fsp3) is 0.450. The number of hydrogen-bond donors (Lipinski definition) is 0. The lowest BCUT2D eigenvalue weighted by atomic mass is 9.92. The molecule has 3 aromatic rings. The van der Waals surface area contributed by atoms with Gasteiger partial charge >= 0.3 is 0 Å². The molecule has 1 fully saturated rings. The van der Waals surface area contributed by atoms with Crippen LogP contribution in [0, 0.1) is 16.7 Å². The van der Waals surface area contributed by atoms with Gasteiger partial charge < -0.3 is 4.57 Å². The summed E-state index contributed by atoms with van der Waals surface area (Å²) in [5.41, 5.74) is 2.01. The van der Waals surface area contributed by atoms with Crippen molar-refractivity contribution in [3.8, 4) is 0 Å². The molecule has 2 aromatic heterocycles. The molecule has 140 valence electrons. The van der Waals surface area contributed by atoms with Gasteiger partial charge in [-0.15, -0.1) is 0 Å². The Kier molecular flexibility index (Phi) is 4.17. The minimum atomic E-state index is -0.961. The molecule has 0 N–H and O–H groups in total. The second-order valence-corrected chi connectivity index (χ2v) is 7.62. The molecule has 27 heavy (non-hydrogen) atoms. The summed E-state index contributed by atoms with van der Waals surface area (Å²) in [6.07, 6.45) is 3.28. The maximum atomic E-state index is 13.3. The highest BCUT2D eigenvalue weighted by atomic mass is 16.3. The van der Waals surface area contributed by atoms with Crippen LogP contribution in [-0.2, 0) is 4.79 Å². The van der Waals surface area contributed by atoms with E-state index in [0.717, 1.165) is 23.9 Å². The molecule has 0 radical (unpaired) electrons. The number of para-hydroxylation sites is 2. The zero-order valence-electron chi connectivity index (χ0n) is 15.6. The van der Waals surface area contributed by atoms with Crippen molar-refractivity contribution in [2.45, 2.75) is 45.7 Å². The molecule has 7 nitrogen and oxygen atoms in total. The highest BCUT2D eigenvalue weighted by molar-refractivity contribution is 5.86. The maximum Gasteiger partial charge on any atom is 0.277 e. The number of ketones is 1. The summed E-state index contributed by atoms with van der Waals surface area (Å²) in [6.45, 7) is 5.59. The lowest BCUT2D eigenvalue weighted by Gasteiger charge is -2.18. The first kappa shape index (κ1) is 17.6. The molecule has 1 aromatic carbocycles. The zero-order valence-corrected chi connectivity index (χ0v) is 15.6. The van der Waals surface area contributed by atoms with E-state index in [1.54, 1.807) is 22.2 Å². The largest absolute Gasteiger partial charge is 0.302 e. The van der Waals surface area contributed by atoms with E-state index in [-0.39, 0.29) is 29.0 Å². The smallest absolute Gasteiger partial charge is 0.277 e. The van der Waals surface area contributed by atoms with E-state index >= 15 is 0 Å². The number of aromatic nitrogens is 3. The molecule has 1 saturated carbocycles. The summed E-state index contributed by atoms with van der Waals surface area (Å²) in [7, 11) is 0. The molecule has 1 aliphatic rings. The van der Waals surface area contributed by atoms with E-state index in [1.165, 1.54) is 0 Å². The molecule has 4 rings (SSSR count). The second kappa shape index (κ2) is 6.40. The van der Waals surface area contributed by atoms with Crippen LogP contribution >= 0.6 is 0 Å². The lowest BCUT2D eigenvalue weighted by Crippen LogP contribution is -2.26. The van der Waals surface area contributed by atoms with Crippen LogP contribution in [-0.4, -0.2) is 19.7 Å². The van der Waals surface area contributed by atoms with Crippen molar-refractivity contribution in [2.75, 3.05) is 0 Å². The number of rotatable bonds is 6. The van der Waals surface area contributed by atoms with Gasteiger partial charge in [0.2, 0.25) is 0 Å². The molecule has 0 aliphatic heterocycles. The Labute approximate surface area is 156 Å². The first-order valence-electron chi connectivity index (χ1n) is 9.32. The van der Waals surface area contributed by atoms with Gasteiger partial charge in [0.25, 0.3) is 5.56 Å². The van der Waals surface area contributed by atoms with E-state index < -0.39 is 12.0 Å². The fourth-order valence-corrected chi connectivity index (χ4v) is 3.85. The number of fused-ring (bicyclic) bond motifs is 3. The van der Waals surface area contributed by atoms with Crippen LogP contribution in [0.3, 0.4) is 0 Å². The quantitative estimate of drug-likeness (QED) is 0.623. The van der Waals surface area contributed by atoms with Crippen molar-refractivity contribution in [2.24, 2.45) is 17.0 Å². The van der Waals surface area contributed by atoms with Crippen LogP contribution in [0.15, 0.2) is 40.6 Å². The van der Waals surface area contributed by atoms with Gasteiger partial charge in [0.15, 0.2) is 0 Å². The van der Waals surface area contributed by atoms with Crippen LogP contribution in [0.25, 0.3) is 16.6 Å². The standard InChI is InChI=1S/C20H22N4O3/c1-11(2)24-15-7-5-4-6-14(15)23-10-21-17(18(23)20(24)26)16(22-27)12(3)19(25)13-8-9-13/h4-7,10-13,16H,8-9H2,1-3H3. The number of carbonyl (C=O) groups excluding carboxylic acids is 1. The molecule has 2 heterocycles. The van der Waals surface area contributed by atoms with Crippen molar-refractivity contribution in [3.63, 3.8) is 0 Å². The van der Waals surface area contributed by atoms with Crippen LogP contribution in [0.1, 0.15) is 51.4 Å². The van der Waals surface area contributed by atoms with Gasteiger partial charge in [-0.25, -0.2) is 4.98 Å². The molecular weight excluding hydrogens is 344 g/mol. The molecule has 0 spiro atoms. The van der Waals surface area contributed by atoms with Gasteiger partial charge in [-0.1, -0.05) is 24.2 Å². The van der Waals surface area contributed by atoms with Gasteiger partial charge in [-0.3, -0.25) is 14.0 Å². The number of carbonyl (C=O) groups is 1. The zero-order chi connectivity index (χ0) is 19.3. The fourth-order valence-electron chi connectivity index (χ4n) is 3.85. The number of hydrogen-bond acceptors (Lipinski definition) is 5. The third kappa shape index (κ3) is 2.69. The number of benzene rings is 1. The summed E-state index contributed by atoms with van der Waals surface area (Å²) in [5, 5.41) is 3.21.